The Morgan fingerprint density at radius 2 is 1.77 bits per heavy atom. The van der Waals surface area contributed by atoms with Crippen LogP contribution in [-0.2, 0) is 19.5 Å². The lowest BCUT2D eigenvalue weighted by molar-refractivity contribution is 0.296. The molecule has 0 saturated carbocycles. The van der Waals surface area contributed by atoms with Gasteiger partial charge in [0.25, 0.3) is 5.56 Å². The fraction of sp³-hybridized carbons (Fsp3) is 0.300. The molecule has 0 unspecified atom stereocenters. The third-order valence-corrected chi connectivity index (χ3v) is 7.85. The van der Waals surface area contributed by atoms with Gasteiger partial charge in [0.15, 0.2) is 5.65 Å². The summed E-state index contributed by atoms with van der Waals surface area (Å²) in [7, 11) is 0. The summed E-state index contributed by atoms with van der Waals surface area (Å²) in [6.45, 7) is 3.04. The molecule has 0 radical (unpaired) electrons. The van der Waals surface area contributed by atoms with Crippen LogP contribution in [0, 0.1) is 6.92 Å². The van der Waals surface area contributed by atoms with Gasteiger partial charge in [0, 0.05) is 34.4 Å². The van der Waals surface area contributed by atoms with Crippen molar-refractivity contribution in [3.63, 3.8) is 0 Å². The molecule has 0 spiro atoms. The van der Waals surface area contributed by atoms with E-state index in [0.717, 1.165) is 28.4 Å². The zero-order valence-electron chi connectivity index (χ0n) is 23.3. The maximum absolute atomic E-state index is 13.5. The molecule has 0 fully saturated rings. The highest BCUT2D eigenvalue weighted by atomic mass is 79.9. The average molecular weight is 689 g/mol. The number of hydrogen-bond donors (Lipinski definition) is 0. The minimum Gasteiger partial charge on any atom is -0.494 e. The van der Waals surface area contributed by atoms with Gasteiger partial charge in [-0.15, -0.1) is 5.10 Å². The summed E-state index contributed by atoms with van der Waals surface area (Å²) in [5.74, 6) is 0.825. The number of nitrogens with zero attached hydrogens (tertiary/aromatic N) is 5. The van der Waals surface area contributed by atoms with Crippen LogP contribution >= 0.6 is 39.1 Å². The molecule has 0 aliphatic rings. The van der Waals surface area contributed by atoms with Crippen LogP contribution in [0.2, 0.25) is 10.0 Å². The van der Waals surface area contributed by atoms with Crippen LogP contribution in [0.15, 0.2) is 69.0 Å². The van der Waals surface area contributed by atoms with E-state index < -0.39 is 5.76 Å². The summed E-state index contributed by atoms with van der Waals surface area (Å²) >= 11 is 15.9. The Morgan fingerprint density at radius 1 is 0.977 bits per heavy atom. The van der Waals surface area contributed by atoms with E-state index >= 15 is 0 Å². The molecular weight excluding hydrogens is 661 g/mol. The third-order valence-electron chi connectivity index (χ3n) is 6.70. The molecule has 0 saturated heterocycles. The summed E-state index contributed by atoms with van der Waals surface area (Å²) in [6.07, 6.45) is 4.97. The molecule has 0 bridgehead atoms. The van der Waals surface area contributed by atoms with Crippen molar-refractivity contribution in [2.75, 3.05) is 18.5 Å². The van der Waals surface area contributed by atoms with Crippen molar-refractivity contribution in [1.29, 1.82) is 0 Å². The molecular formula is C30H28BrCl2N5O5. The van der Waals surface area contributed by atoms with Gasteiger partial charge in [-0.25, -0.2) is 14.8 Å². The third kappa shape index (κ3) is 7.65. The van der Waals surface area contributed by atoms with Gasteiger partial charge in [0.1, 0.15) is 24.4 Å². The van der Waals surface area contributed by atoms with E-state index in [9.17, 15) is 9.59 Å². The van der Waals surface area contributed by atoms with Crippen LogP contribution in [0.1, 0.15) is 35.4 Å². The fourth-order valence-electron chi connectivity index (χ4n) is 4.47. The van der Waals surface area contributed by atoms with Crippen LogP contribution < -0.4 is 20.8 Å². The number of alkyl halides is 1. The minimum atomic E-state index is -0.615. The van der Waals surface area contributed by atoms with Crippen molar-refractivity contribution >= 4 is 50.2 Å². The number of hydrogen-bond acceptors (Lipinski definition) is 8. The molecule has 0 amide bonds. The zero-order chi connectivity index (χ0) is 30.3. The first kappa shape index (κ1) is 30.8. The Balaban J connectivity index is 1.28. The molecule has 0 aliphatic heterocycles. The predicted molar refractivity (Wildman–Crippen MR) is 168 cm³/mol. The van der Waals surface area contributed by atoms with Gasteiger partial charge >= 0.3 is 5.76 Å². The molecule has 43 heavy (non-hydrogen) atoms. The van der Waals surface area contributed by atoms with Crippen LogP contribution in [0.4, 0.5) is 0 Å². The maximum Gasteiger partial charge on any atom is 0.437 e. The van der Waals surface area contributed by atoms with Gasteiger partial charge in [-0.05, 0) is 60.4 Å². The Hall–Kier alpha value is -3.67. The molecule has 3 aromatic heterocycles. The summed E-state index contributed by atoms with van der Waals surface area (Å²) in [6, 6.07) is 12.7. The Bertz CT molecular complexity index is 1860. The molecule has 0 aliphatic carbocycles. The van der Waals surface area contributed by atoms with E-state index in [-0.39, 0.29) is 24.5 Å². The molecule has 2 aromatic carbocycles. The van der Waals surface area contributed by atoms with Gasteiger partial charge < -0.3 is 13.9 Å². The smallest absolute Gasteiger partial charge is 0.437 e. The number of halogens is 3. The van der Waals surface area contributed by atoms with Gasteiger partial charge in [-0.3, -0.25) is 9.36 Å². The Morgan fingerprint density at radius 3 is 2.53 bits per heavy atom. The van der Waals surface area contributed by atoms with Gasteiger partial charge in [0.2, 0.25) is 5.89 Å². The van der Waals surface area contributed by atoms with Crippen molar-refractivity contribution in [2.24, 2.45) is 0 Å². The first-order chi connectivity index (χ1) is 20.8. The SMILES string of the molecule is Cc1c(Cc2ccc(OCCCBr)cc2Cl)cnc2ncn(Cc3nn(CCCOc4cccc(Cl)c4)c(=O)o3)c(=O)c12. The molecule has 10 nitrogen and oxygen atoms in total. The summed E-state index contributed by atoms with van der Waals surface area (Å²) in [4.78, 5) is 34.7. The van der Waals surface area contributed by atoms with E-state index in [0.29, 0.717) is 58.6 Å². The number of rotatable bonds is 13. The molecule has 224 valence electrons. The first-order valence-corrected chi connectivity index (χ1v) is 15.5. The lowest BCUT2D eigenvalue weighted by atomic mass is 10.0. The normalized spacial score (nSPS) is 11.3. The largest absolute Gasteiger partial charge is 0.494 e. The van der Waals surface area contributed by atoms with E-state index in [4.69, 9.17) is 37.1 Å². The quantitative estimate of drug-likeness (QED) is 0.112. The van der Waals surface area contributed by atoms with E-state index in [1.165, 1.54) is 15.6 Å². The van der Waals surface area contributed by atoms with Gasteiger partial charge in [-0.1, -0.05) is 51.3 Å². The summed E-state index contributed by atoms with van der Waals surface area (Å²) in [5.41, 5.74) is 2.49. The number of ether oxygens (including phenoxy) is 2. The summed E-state index contributed by atoms with van der Waals surface area (Å²) in [5, 5.41) is 6.65. The first-order valence-electron chi connectivity index (χ1n) is 13.6. The molecule has 3 heterocycles. The molecule has 13 heteroatoms. The summed E-state index contributed by atoms with van der Waals surface area (Å²) < 4.78 is 19.3. The Kier molecular flexibility index (Phi) is 10.2. The van der Waals surface area contributed by atoms with Crippen LogP contribution in [0.25, 0.3) is 11.0 Å². The highest BCUT2D eigenvalue weighted by Gasteiger charge is 2.16. The topological polar surface area (TPSA) is 114 Å². The van der Waals surface area contributed by atoms with Crippen LogP contribution in [-0.4, -0.2) is 42.9 Å². The maximum atomic E-state index is 13.5. The number of benzene rings is 2. The second-order valence-corrected chi connectivity index (χ2v) is 11.4. The highest BCUT2D eigenvalue weighted by Crippen LogP contribution is 2.27. The van der Waals surface area contributed by atoms with Crippen molar-refractivity contribution < 1.29 is 13.9 Å². The van der Waals surface area contributed by atoms with E-state index in [1.54, 1.807) is 36.5 Å². The van der Waals surface area contributed by atoms with Crippen molar-refractivity contribution in [3.8, 4) is 11.5 Å². The average Bonchev–Trinajstić information content (AvgIpc) is 3.33. The fourth-order valence-corrected chi connectivity index (χ4v) is 5.11. The molecule has 5 rings (SSSR count). The van der Waals surface area contributed by atoms with Crippen molar-refractivity contribution in [2.45, 2.75) is 39.3 Å². The predicted octanol–water partition coefficient (Wildman–Crippen LogP) is 5.83. The van der Waals surface area contributed by atoms with Crippen molar-refractivity contribution in [1.82, 2.24) is 24.3 Å². The second kappa shape index (κ2) is 14.2. The van der Waals surface area contributed by atoms with Gasteiger partial charge in [-0.2, -0.15) is 4.68 Å². The highest BCUT2D eigenvalue weighted by molar-refractivity contribution is 9.09. The molecule has 0 atom stereocenters. The lowest BCUT2D eigenvalue weighted by Gasteiger charge is -2.12. The monoisotopic (exact) mass is 687 g/mol. The van der Waals surface area contributed by atoms with Crippen LogP contribution in [0.3, 0.4) is 0 Å². The van der Waals surface area contributed by atoms with E-state index in [2.05, 4.69) is 31.0 Å². The number of fused-ring (bicyclic) bond motifs is 1. The molecule has 5 aromatic rings. The van der Waals surface area contributed by atoms with Crippen LogP contribution in [0.5, 0.6) is 11.5 Å². The zero-order valence-corrected chi connectivity index (χ0v) is 26.4. The number of aryl methyl sites for hydroxylation is 2. The lowest BCUT2D eigenvalue weighted by Crippen LogP contribution is -2.23. The molecule has 0 N–H and O–H groups in total. The van der Waals surface area contributed by atoms with Crippen molar-refractivity contribution in [3.05, 3.63) is 109 Å². The number of aromatic nitrogens is 5. The second-order valence-electron chi connectivity index (χ2n) is 9.75. The van der Waals surface area contributed by atoms with E-state index in [1.807, 2.05) is 19.1 Å². The Labute approximate surface area is 265 Å². The standard InChI is InChI=1S/C30H28BrCl2N5O5/c1-19-21(13-20-7-8-24(15-25(20)33)41-11-3-9-31)16-34-28-27(19)29(39)37(18-35-28)17-26-36-38(30(40)43-26)10-4-12-42-23-6-2-5-22(32)14-23/h2,5-8,14-16,18H,3-4,9-13,17H2,1H3. The van der Waals surface area contributed by atoms with Gasteiger partial charge in [0.05, 0.1) is 25.1 Å². The minimum absolute atomic E-state index is 0.0605. The number of pyridine rings is 1.